The van der Waals surface area contributed by atoms with Gasteiger partial charge in [0.2, 0.25) is 0 Å². The number of carboxylic acids is 1. The van der Waals surface area contributed by atoms with Gasteiger partial charge in [-0.2, -0.15) is 0 Å². The average molecular weight is 405 g/mol. The number of hydrogen-bond donors (Lipinski definition) is 1. The minimum absolute atomic E-state index is 0.145. The van der Waals surface area contributed by atoms with Crippen LogP contribution in [-0.2, 0) is 4.79 Å². The Labute approximate surface area is 157 Å². The van der Waals surface area contributed by atoms with E-state index in [1.165, 1.54) is 13.2 Å². The van der Waals surface area contributed by atoms with Gasteiger partial charge in [0, 0.05) is 0 Å². The summed E-state index contributed by atoms with van der Waals surface area (Å²) in [6, 6.07) is 31.6. The van der Waals surface area contributed by atoms with Gasteiger partial charge in [-0.1, -0.05) is 0 Å². The SMILES string of the molecule is C[C](C)(CC(=O)O)[Ge]([c]1ccccc1)([c]1ccccc1)[c]1ccccc1. The van der Waals surface area contributed by atoms with Crippen LogP contribution >= 0.6 is 0 Å². The molecule has 3 aromatic rings. The molecular weight excluding hydrogens is 381 g/mol. The van der Waals surface area contributed by atoms with Crippen molar-refractivity contribution in [3.63, 3.8) is 0 Å². The third-order valence-corrected chi connectivity index (χ3v) is 17.4. The third-order valence-electron chi connectivity index (χ3n) is 5.23. The number of carbonyl (C=O) groups is 1. The summed E-state index contributed by atoms with van der Waals surface area (Å²) in [7, 11) is 0. The predicted octanol–water partition coefficient (Wildman–Crippen LogP) is 3.41. The molecule has 2 nitrogen and oxygen atoms in total. The molecule has 26 heavy (non-hydrogen) atoms. The molecule has 0 aliphatic heterocycles. The number of hydrogen-bond acceptors (Lipinski definition) is 1. The first-order valence-electron chi connectivity index (χ1n) is 8.87. The van der Waals surface area contributed by atoms with Crippen molar-refractivity contribution in [1.82, 2.24) is 0 Å². The molecule has 0 saturated heterocycles. The van der Waals surface area contributed by atoms with Crippen LogP contribution in [0, 0.1) is 0 Å². The topological polar surface area (TPSA) is 37.3 Å². The van der Waals surface area contributed by atoms with Crippen LogP contribution in [0.25, 0.3) is 0 Å². The molecule has 0 heterocycles. The van der Waals surface area contributed by atoms with E-state index < -0.39 is 19.2 Å². The summed E-state index contributed by atoms with van der Waals surface area (Å²) in [4.78, 5) is 11.8. The van der Waals surface area contributed by atoms with Crippen LogP contribution in [0.2, 0.25) is 4.25 Å². The van der Waals surface area contributed by atoms with Gasteiger partial charge < -0.3 is 0 Å². The summed E-state index contributed by atoms with van der Waals surface area (Å²) >= 11 is -3.30. The van der Waals surface area contributed by atoms with Crippen molar-refractivity contribution >= 4 is 32.4 Å². The van der Waals surface area contributed by atoms with E-state index in [0.717, 1.165) is 0 Å². The van der Waals surface area contributed by atoms with E-state index in [1.54, 1.807) is 0 Å². The molecular formula is C23H24GeO2. The Balaban J connectivity index is 2.41. The molecule has 3 aromatic carbocycles. The van der Waals surface area contributed by atoms with E-state index in [1.807, 2.05) is 18.2 Å². The van der Waals surface area contributed by atoms with Crippen molar-refractivity contribution < 1.29 is 9.90 Å². The van der Waals surface area contributed by atoms with Crippen molar-refractivity contribution in [2.75, 3.05) is 0 Å². The van der Waals surface area contributed by atoms with E-state index >= 15 is 0 Å². The van der Waals surface area contributed by atoms with Crippen molar-refractivity contribution in [1.29, 1.82) is 0 Å². The molecule has 0 fully saturated rings. The monoisotopic (exact) mass is 406 g/mol. The molecule has 0 atom stereocenters. The van der Waals surface area contributed by atoms with Crippen LogP contribution in [0.1, 0.15) is 20.3 Å². The van der Waals surface area contributed by atoms with Crippen molar-refractivity contribution in [3.05, 3.63) is 91.0 Å². The Bertz CT molecular complexity index is 762. The molecule has 0 unspecified atom stereocenters. The second-order valence-corrected chi connectivity index (χ2v) is 16.9. The molecule has 0 radical (unpaired) electrons. The summed E-state index contributed by atoms with van der Waals surface area (Å²) in [6.45, 7) is 4.27. The Hall–Kier alpha value is -2.33. The van der Waals surface area contributed by atoms with Gasteiger partial charge in [-0.25, -0.2) is 0 Å². The van der Waals surface area contributed by atoms with Gasteiger partial charge >= 0.3 is 158 Å². The molecule has 0 aliphatic rings. The molecule has 0 aromatic heterocycles. The quantitative estimate of drug-likeness (QED) is 0.639. The van der Waals surface area contributed by atoms with E-state index in [0.29, 0.717) is 0 Å². The minimum atomic E-state index is -3.30. The molecule has 132 valence electrons. The van der Waals surface area contributed by atoms with Crippen molar-refractivity contribution in [2.45, 2.75) is 24.5 Å². The van der Waals surface area contributed by atoms with Gasteiger partial charge in [0.15, 0.2) is 0 Å². The molecule has 0 bridgehead atoms. The van der Waals surface area contributed by atoms with Gasteiger partial charge in [-0.15, -0.1) is 0 Å². The van der Waals surface area contributed by atoms with E-state index in [-0.39, 0.29) is 10.7 Å². The summed E-state index contributed by atoms with van der Waals surface area (Å²) in [6.07, 6.45) is 0.145. The first-order chi connectivity index (χ1) is 12.5. The third kappa shape index (κ3) is 3.22. The van der Waals surface area contributed by atoms with Gasteiger partial charge in [0.25, 0.3) is 0 Å². The zero-order chi connectivity index (χ0) is 18.6. The average Bonchev–Trinajstić information content (AvgIpc) is 2.64. The van der Waals surface area contributed by atoms with Crippen LogP contribution in [0.5, 0.6) is 0 Å². The number of rotatable bonds is 6. The maximum atomic E-state index is 11.8. The molecule has 0 aliphatic carbocycles. The van der Waals surface area contributed by atoms with Crippen LogP contribution < -0.4 is 13.2 Å². The number of carboxylic acid groups (broad SMARTS) is 1. The molecule has 3 rings (SSSR count). The van der Waals surface area contributed by atoms with Crippen LogP contribution in [0.15, 0.2) is 91.0 Å². The van der Waals surface area contributed by atoms with Gasteiger partial charge in [0.05, 0.1) is 0 Å². The molecule has 0 saturated carbocycles. The van der Waals surface area contributed by atoms with Crippen LogP contribution in [0.4, 0.5) is 0 Å². The zero-order valence-corrected chi connectivity index (χ0v) is 17.3. The molecule has 0 spiro atoms. The fourth-order valence-corrected chi connectivity index (χ4v) is 16.5. The Morgan fingerprint density at radius 2 is 1.04 bits per heavy atom. The Morgan fingerprint density at radius 1 is 0.731 bits per heavy atom. The van der Waals surface area contributed by atoms with Gasteiger partial charge in [-0.05, 0) is 0 Å². The Kier molecular flexibility index (Phi) is 5.33. The summed E-state index contributed by atoms with van der Waals surface area (Å²) in [5.41, 5.74) is 0. The van der Waals surface area contributed by atoms with Crippen LogP contribution in [0.3, 0.4) is 0 Å². The Morgan fingerprint density at radius 3 is 1.31 bits per heavy atom. The first-order valence-corrected chi connectivity index (χ1v) is 13.1. The van der Waals surface area contributed by atoms with E-state index in [4.69, 9.17) is 0 Å². The first kappa shape index (κ1) is 18.5. The number of benzene rings is 3. The second-order valence-electron chi connectivity index (χ2n) is 7.30. The standard InChI is InChI=1S/C23H24GeO2/c1-23(2,18-22(25)26)24(19-12-6-3-7-13-19,20-14-8-4-9-15-20)21-16-10-5-11-17-21/h3-17H,18H2,1-2H3,(H,25,26). The fraction of sp³-hybridized carbons (Fsp3) is 0.174. The summed E-state index contributed by atoms with van der Waals surface area (Å²) in [5.74, 6) is -0.743. The number of aliphatic carboxylic acids is 1. The van der Waals surface area contributed by atoms with E-state index in [9.17, 15) is 9.90 Å². The normalized spacial score (nSPS) is 11.9. The van der Waals surface area contributed by atoms with Crippen LogP contribution in [-0.4, -0.2) is 24.3 Å². The molecule has 0 amide bonds. The maximum absolute atomic E-state index is 11.8. The summed E-state index contributed by atoms with van der Waals surface area (Å²) in [5, 5.41) is 9.68. The van der Waals surface area contributed by atoms with Gasteiger partial charge in [0.1, 0.15) is 0 Å². The van der Waals surface area contributed by atoms with E-state index in [2.05, 4.69) is 86.6 Å². The summed E-state index contributed by atoms with van der Waals surface area (Å²) < 4.78 is 3.50. The fourth-order valence-electron chi connectivity index (χ4n) is 4.25. The molecule has 3 heteroatoms. The van der Waals surface area contributed by atoms with Gasteiger partial charge in [-0.3, -0.25) is 0 Å². The van der Waals surface area contributed by atoms with Crippen molar-refractivity contribution in [2.24, 2.45) is 0 Å². The predicted molar refractivity (Wildman–Crippen MR) is 110 cm³/mol. The van der Waals surface area contributed by atoms with Crippen molar-refractivity contribution in [3.8, 4) is 0 Å². The molecule has 1 N–H and O–H groups in total. The second kappa shape index (κ2) is 7.50. The zero-order valence-electron chi connectivity index (χ0n) is 15.2.